The van der Waals surface area contributed by atoms with Gasteiger partial charge in [-0.3, -0.25) is 0 Å². The lowest BCUT2D eigenvalue weighted by atomic mass is 10.2. The average Bonchev–Trinajstić information content (AvgIpc) is 2.65. The number of aromatic nitrogens is 2. The maximum Gasteiger partial charge on any atom is 0.139 e. The van der Waals surface area contributed by atoms with Crippen LogP contribution in [0.25, 0.3) is 11.0 Å². The Labute approximate surface area is 107 Å². The largest absolute Gasteiger partial charge is 0.325 e. The predicted octanol–water partition coefficient (Wildman–Crippen LogP) is 3.86. The van der Waals surface area contributed by atoms with Gasteiger partial charge in [0.25, 0.3) is 0 Å². The van der Waals surface area contributed by atoms with Crippen molar-refractivity contribution in [3.8, 4) is 0 Å². The minimum atomic E-state index is -0.234. The number of imidazole rings is 1. The highest BCUT2D eigenvalue weighted by Crippen LogP contribution is 2.64. The molecule has 0 N–H and O–H groups in total. The number of fused-ring (bicyclic) bond motifs is 5. The van der Waals surface area contributed by atoms with Gasteiger partial charge in [-0.15, -0.1) is 0 Å². The molecule has 1 aromatic heterocycles. The summed E-state index contributed by atoms with van der Waals surface area (Å²) < 4.78 is 16.3. The fourth-order valence-electron chi connectivity index (χ4n) is 3.58. The van der Waals surface area contributed by atoms with Crippen molar-refractivity contribution in [2.45, 2.75) is 25.8 Å². The summed E-state index contributed by atoms with van der Waals surface area (Å²) in [4.78, 5) is 4.62. The molecule has 2 heterocycles. The standard InChI is InChI=1S/C13H12BrFN2/c1-5-11-6(2)17-10-3-7(14)8(15)4-9(10)16-13(17)12(5)11/h3-6,11-12H,1-2H3. The number of benzene rings is 1. The van der Waals surface area contributed by atoms with E-state index in [0.717, 1.165) is 28.7 Å². The molecule has 1 aliphatic carbocycles. The van der Waals surface area contributed by atoms with Gasteiger partial charge in [0.15, 0.2) is 0 Å². The molecule has 1 aromatic carbocycles. The fraction of sp³-hybridized carbons (Fsp3) is 0.462. The van der Waals surface area contributed by atoms with Gasteiger partial charge < -0.3 is 4.57 Å². The fourth-order valence-corrected chi connectivity index (χ4v) is 3.92. The number of nitrogens with zero attached hydrogens (tertiary/aromatic N) is 2. The number of halogens is 2. The molecule has 4 heteroatoms. The molecule has 4 atom stereocenters. The Morgan fingerprint density at radius 3 is 2.88 bits per heavy atom. The molecule has 88 valence electrons. The monoisotopic (exact) mass is 294 g/mol. The summed E-state index contributed by atoms with van der Waals surface area (Å²) in [6.07, 6.45) is 0. The SMILES string of the molecule is CC1C2c3nc4cc(F)c(Br)cc4n3C(C)C12. The Morgan fingerprint density at radius 1 is 1.35 bits per heavy atom. The first kappa shape index (κ1) is 10.1. The molecule has 1 aliphatic heterocycles. The van der Waals surface area contributed by atoms with Crippen LogP contribution in [0.5, 0.6) is 0 Å². The summed E-state index contributed by atoms with van der Waals surface area (Å²) in [5.74, 6) is 3.00. The lowest BCUT2D eigenvalue weighted by molar-refractivity contribution is 0.494. The quantitative estimate of drug-likeness (QED) is 0.721. The second-order valence-electron chi connectivity index (χ2n) is 5.30. The van der Waals surface area contributed by atoms with Gasteiger partial charge in [-0.05, 0) is 40.8 Å². The molecule has 2 nitrogen and oxygen atoms in total. The second kappa shape index (κ2) is 2.91. The minimum absolute atomic E-state index is 0.234. The van der Waals surface area contributed by atoms with E-state index >= 15 is 0 Å². The van der Waals surface area contributed by atoms with Crippen LogP contribution in [0.3, 0.4) is 0 Å². The first-order valence-electron chi connectivity index (χ1n) is 5.96. The van der Waals surface area contributed by atoms with Crippen molar-refractivity contribution >= 4 is 27.0 Å². The zero-order valence-electron chi connectivity index (χ0n) is 9.61. The van der Waals surface area contributed by atoms with Crippen LogP contribution in [0.2, 0.25) is 0 Å². The second-order valence-corrected chi connectivity index (χ2v) is 6.15. The van der Waals surface area contributed by atoms with Gasteiger partial charge in [0.05, 0.1) is 15.5 Å². The molecule has 0 bridgehead atoms. The lowest BCUT2D eigenvalue weighted by Crippen LogP contribution is -2.06. The summed E-state index contributed by atoms with van der Waals surface area (Å²) in [6.45, 7) is 4.53. The van der Waals surface area contributed by atoms with Crippen molar-refractivity contribution < 1.29 is 4.39 Å². The highest BCUT2D eigenvalue weighted by molar-refractivity contribution is 9.10. The van der Waals surface area contributed by atoms with E-state index in [4.69, 9.17) is 0 Å². The molecule has 1 fully saturated rings. The van der Waals surface area contributed by atoms with Crippen molar-refractivity contribution in [3.05, 3.63) is 28.2 Å². The molecule has 2 aliphatic rings. The maximum atomic E-state index is 13.5. The maximum absolute atomic E-state index is 13.5. The first-order chi connectivity index (χ1) is 8.09. The van der Waals surface area contributed by atoms with Gasteiger partial charge in [0, 0.05) is 18.0 Å². The molecule has 0 radical (unpaired) electrons. The molecule has 4 unspecified atom stereocenters. The lowest BCUT2D eigenvalue weighted by Gasteiger charge is -2.13. The highest BCUT2D eigenvalue weighted by atomic mass is 79.9. The van der Waals surface area contributed by atoms with Crippen LogP contribution in [0.4, 0.5) is 4.39 Å². The smallest absolute Gasteiger partial charge is 0.139 e. The van der Waals surface area contributed by atoms with Crippen molar-refractivity contribution in [1.29, 1.82) is 0 Å². The van der Waals surface area contributed by atoms with E-state index in [0.29, 0.717) is 16.4 Å². The van der Waals surface area contributed by atoms with Crippen LogP contribution in [0, 0.1) is 17.7 Å². The summed E-state index contributed by atoms with van der Waals surface area (Å²) in [6, 6.07) is 3.87. The van der Waals surface area contributed by atoms with Crippen LogP contribution in [-0.4, -0.2) is 9.55 Å². The topological polar surface area (TPSA) is 17.8 Å². The third-order valence-electron chi connectivity index (χ3n) is 4.47. The van der Waals surface area contributed by atoms with Gasteiger partial charge in [-0.1, -0.05) is 6.92 Å². The van der Waals surface area contributed by atoms with Crippen LogP contribution < -0.4 is 0 Å². The van der Waals surface area contributed by atoms with Crippen molar-refractivity contribution in [3.63, 3.8) is 0 Å². The number of hydrogen-bond donors (Lipinski definition) is 0. The molecule has 17 heavy (non-hydrogen) atoms. The Kier molecular flexibility index (Phi) is 1.72. The van der Waals surface area contributed by atoms with E-state index in [1.54, 1.807) is 0 Å². The Balaban J connectivity index is 2.04. The van der Waals surface area contributed by atoms with Crippen LogP contribution in [-0.2, 0) is 0 Å². The third kappa shape index (κ3) is 1.07. The summed E-state index contributed by atoms with van der Waals surface area (Å²) in [5, 5.41) is 0. The number of hydrogen-bond acceptors (Lipinski definition) is 1. The van der Waals surface area contributed by atoms with Crippen molar-refractivity contribution in [2.24, 2.45) is 11.8 Å². The van der Waals surface area contributed by atoms with E-state index in [-0.39, 0.29) is 5.82 Å². The molecule has 1 saturated carbocycles. The summed E-state index contributed by atoms with van der Waals surface area (Å²) in [7, 11) is 0. The van der Waals surface area contributed by atoms with Crippen molar-refractivity contribution in [2.75, 3.05) is 0 Å². The normalized spacial score (nSPS) is 33.9. The zero-order chi connectivity index (χ0) is 11.9. The van der Waals surface area contributed by atoms with E-state index in [9.17, 15) is 4.39 Å². The average molecular weight is 295 g/mol. The minimum Gasteiger partial charge on any atom is -0.325 e. The number of rotatable bonds is 0. The van der Waals surface area contributed by atoms with Gasteiger partial charge >= 0.3 is 0 Å². The molecule has 2 aromatic rings. The Bertz CT molecular complexity index is 648. The van der Waals surface area contributed by atoms with E-state index in [1.807, 2.05) is 6.07 Å². The molecule has 0 amide bonds. The van der Waals surface area contributed by atoms with Crippen molar-refractivity contribution in [1.82, 2.24) is 9.55 Å². The van der Waals surface area contributed by atoms with Gasteiger partial charge in [-0.25, -0.2) is 9.37 Å². The predicted molar refractivity (Wildman–Crippen MR) is 67.5 cm³/mol. The molecule has 4 rings (SSSR count). The zero-order valence-corrected chi connectivity index (χ0v) is 11.2. The molecule has 0 saturated heterocycles. The van der Waals surface area contributed by atoms with Crippen LogP contribution in [0.15, 0.2) is 16.6 Å². The third-order valence-corrected chi connectivity index (χ3v) is 5.08. The van der Waals surface area contributed by atoms with Gasteiger partial charge in [0.1, 0.15) is 11.6 Å². The summed E-state index contributed by atoms with van der Waals surface area (Å²) >= 11 is 3.25. The van der Waals surface area contributed by atoms with Gasteiger partial charge in [-0.2, -0.15) is 0 Å². The van der Waals surface area contributed by atoms with Gasteiger partial charge in [0.2, 0.25) is 0 Å². The highest BCUT2D eigenvalue weighted by Gasteiger charge is 2.58. The first-order valence-corrected chi connectivity index (χ1v) is 6.75. The van der Waals surface area contributed by atoms with E-state index < -0.39 is 0 Å². The molecular weight excluding hydrogens is 283 g/mol. The molecule has 0 spiro atoms. The Hall–Kier alpha value is -0.900. The van der Waals surface area contributed by atoms with E-state index in [1.165, 1.54) is 6.07 Å². The Morgan fingerprint density at radius 2 is 2.12 bits per heavy atom. The molecular formula is C13H12BrFN2. The summed E-state index contributed by atoms with van der Waals surface area (Å²) in [5.41, 5.74) is 1.84. The van der Waals surface area contributed by atoms with E-state index in [2.05, 4.69) is 39.3 Å². The van der Waals surface area contributed by atoms with Crippen LogP contribution >= 0.6 is 15.9 Å². The van der Waals surface area contributed by atoms with Crippen LogP contribution in [0.1, 0.15) is 31.6 Å².